The van der Waals surface area contributed by atoms with Crippen LogP contribution in [0.25, 0.3) is 5.76 Å². The van der Waals surface area contributed by atoms with Crippen LogP contribution in [0.2, 0.25) is 0 Å². The van der Waals surface area contributed by atoms with Gasteiger partial charge in [-0.2, -0.15) is 0 Å². The highest BCUT2D eigenvalue weighted by Gasteiger charge is 2.47. The summed E-state index contributed by atoms with van der Waals surface area (Å²) < 4.78 is 0.848. The lowest BCUT2D eigenvalue weighted by molar-refractivity contribution is -0.132. The molecule has 2 saturated heterocycles. The van der Waals surface area contributed by atoms with Crippen LogP contribution in [-0.2, 0) is 9.59 Å². The first-order valence-electron chi connectivity index (χ1n) is 11.4. The number of aromatic nitrogens is 1. The van der Waals surface area contributed by atoms with Crippen LogP contribution in [0.3, 0.4) is 0 Å². The Morgan fingerprint density at radius 1 is 0.886 bits per heavy atom. The Labute approximate surface area is 212 Å². The first kappa shape index (κ1) is 23.3. The van der Waals surface area contributed by atoms with Crippen molar-refractivity contribution in [2.45, 2.75) is 6.04 Å². The third kappa shape index (κ3) is 4.47. The zero-order valence-electron chi connectivity index (χ0n) is 19.3. The second-order valence-electron chi connectivity index (χ2n) is 8.76. The molecule has 1 unspecified atom stereocenters. The summed E-state index contributed by atoms with van der Waals surface area (Å²) >= 11 is 3.39. The molecule has 2 aliphatic rings. The number of rotatable bonds is 4. The van der Waals surface area contributed by atoms with Crippen molar-refractivity contribution in [1.82, 2.24) is 9.88 Å². The van der Waals surface area contributed by atoms with Gasteiger partial charge in [0.15, 0.2) is 0 Å². The predicted molar refractivity (Wildman–Crippen MR) is 139 cm³/mol. The monoisotopic (exact) mass is 532 g/mol. The van der Waals surface area contributed by atoms with Gasteiger partial charge < -0.3 is 14.9 Å². The molecule has 2 fully saturated rings. The number of hydrogen-bond donors (Lipinski definition) is 1. The molecule has 178 valence electrons. The number of ketones is 1. The predicted octanol–water partition coefficient (Wildman–Crippen LogP) is 4.22. The largest absolute Gasteiger partial charge is 0.507 e. The molecular formula is C27H25BrN4O3. The quantitative estimate of drug-likeness (QED) is 0.308. The summed E-state index contributed by atoms with van der Waals surface area (Å²) in [5, 5.41) is 11.2. The minimum absolute atomic E-state index is 0.0617. The van der Waals surface area contributed by atoms with Gasteiger partial charge in [-0.1, -0.05) is 28.1 Å². The van der Waals surface area contributed by atoms with Gasteiger partial charge in [-0.05, 0) is 61.1 Å². The molecule has 3 heterocycles. The van der Waals surface area contributed by atoms with Crippen molar-refractivity contribution in [1.29, 1.82) is 0 Å². The number of aliphatic hydroxyl groups excluding tert-OH is 1. The van der Waals surface area contributed by atoms with Gasteiger partial charge in [0.1, 0.15) is 5.76 Å². The Morgan fingerprint density at radius 2 is 1.49 bits per heavy atom. The number of carbonyl (C=O) groups is 2. The number of benzene rings is 2. The lowest BCUT2D eigenvalue weighted by Gasteiger charge is -2.34. The molecule has 2 aliphatic heterocycles. The molecule has 1 amide bonds. The third-order valence-electron chi connectivity index (χ3n) is 6.58. The summed E-state index contributed by atoms with van der Waals surface area (Å²) in [6, 6.07) is 17.4. The van der Waals surface area contributed by atoms with Crippen LogP contribution < -0.4 is 9.80 Å². The van der Waals surface area contributed by atoms with E-state index >= 15 is 0 Å². The number of carbonyl (C=O) groups excluding carboxylic acids is 2. The number of nitrogens with zero attached hydrogens (tertiary/aromatic N) is 4. The molecule has 1 aromatic heterocycles. The second kappa shape index (κ2) is 9.64. The topological polar surface area (TPSA) is 77.0 Å². The molecule has 1 N–H and O–H groups in total. The number of halogens is 1. The third-order valence-corrected chi connectivity index (χ3v) is 7.11. The Balaban J connectivity index is 1.56. The maximum Gasteiger partial charge on any atom is 0.300 e. The van der Waals surface area contributed by atoms with Gasteiger partial charge in [0.05, 0.1) is 11.6 Å². The van der Waals surface area contributed by atoms with E-state index in [-0.39, 0.29) is 11.3 Å². The number of hydrogen-bond acceptors (Lipinski definition) is 6. The highest BCUT2D eigenvalue weighted by Crippen LogP contribution is 2.42. The van der Waals surface area contributed by atoms with E-state index in [0.717, 1.165) is 36.3 Å². The van der Waals surface area contributed by atoms with Gasteiger partial charge >= 0.3 is 0 Å². The van der Waals surface area contributed by atoms with Crippen molar-refractivity contribution in [3.8, 4) is 0 Å². The number of likely N-dealkylation sites (N-methyl/N-ethyl adjacent to an activating group) is 1. The van der Waals surface area contributed by atoms with Crippen molar-refractivity contribution in [3.05, 3.63) is 94.2 Å². The maximum absolute atomic E-state index is 13.3. The van der Waals surface area contributed by atoms with Crippen LogP contribution in [0.4, 0.5) is 11.4 Å². The zero-order chi connectivity index (χ0) is 24.5. The SMILES string of the molecule is CN1CCN(c2ccc(N3C(=O)C(=O)/C(=C(/O)c4ccc(Br)cc4)C3c3ccncc3)cc2)CC1. The summed E-state index contributed by atoms with van der Waals surface area (Å²) in [7, 11) is 2.12. The van der Waals surface area contributed by atoms with Crippen molar-refractivity contribution in [2.75, 3.05) is 43.0 Å². The number of anilines is 2. The Bertz CT molecular complexity index is 1270. The molecule has 0 radical (unpaired) electrons. The van der Waals surface area contributed by atoms with Crippen molar-refractivity contribution in [3.63, 3.8) is 0 Å². The van der Waals surface area contributed by atoms with Gasteiger partial charge in [-0.15, -0.1) is 0 Å². The van der Waals surface area contributed by atoms with Crippen LogP contribution in [0.1, 0.15) is 17.2 Å². The lowest BCUT2D eigenvalue weighted by Crippen LogP contribution is -2.44. The first-order valence-corrected chi connectivity index (χ1v) is 12.2. The number of piperazine rings is 1. The number of pyridine rings is 1. The van der Waals surface area contributed by atoms with Gasteiger partial charge in [-0.25, -0.2) is 0 Å². The summed E-state index contributed by atoms with van der Waals surface area (Å²) in [4.78, 5) is 36.7. The van der Waals surface area contributed by atoms with E-state index in [2.05, 4.69) is 37.8 Å². The second-order valence-corrected chi connectivity index (χ2v) is 9.68. The van der Waals surface area contributed by atoms with Crippen LogP contribution in [0.5, 0.6) is 0 Å². The van der Waals surface area contributed by atoms with Crippen LogP contribution in [0.15, 0.2) is 83.1 Å². The Hall–Kier alpha value is -3.49. The molecule has 2 aromatic carbocycles. The average Bonchev–Trinajstić information content (AvgIpc) is 3.15. The smallest absolute Gasteiger partial charge is 0.300 e. The van der Waals surface area contributed by atoms with Crippen molar-refractivity contribution < 1.29 is 14.7 Å². The van der Waals surface area contributed by atoms with E-state index in [0.29, 0.717) is 16.8 Å². The van der Waals surface area contributed by atoms with E-state index in [9.17, 15) is 14.7 Å². The molecule has 3 aromatic rings. The van der Waals surface area contributed by atoms with E-state index in [1.165, 1.54) is 4.90 Å². The lowest BCUT2D eigenvalue weighted by atomic mass is 9.96. The summed E-state index contributed by atoms with van der Waals surface area (Å²) in [5.41, 5.74) is 2.90. The fourth-order valence-corrected chi connectivity index (χ4v) is 4.88. The normalized spacial score (nSPS) is 20.5. The number of aliphatic hydroxyl groups is 1. The van der Waals surface area contributed by atoms with Crippen LogP contribution in [0, 0.1) is 0 Å². The number of amides is 1. The van der Waals surface area contributed by atoms with Gasteiger partial charge in [-0.3, -0.25) is 19.5 Å². The first-order chi connectivity index (χ1) is 16.9. The van der Waals surface area contributed by atoms with E-state index in [1.807, 2.05) is 24.3 Å². The van der Waals surface area contributed by atoms with Crippen LogP contribution >= 0.6 is 15.9 Å². The number of Topliss-reactive ketones (excluding diaryl/α,β-unsaturated/α-hetero) is 1. The fraction of sp³-hybridized carbons (Fsp3) is 0.222. The van der Waals surface area contributed by atoms with Gasteiger partial charge in [0.25, 0.3) is 11.7 Å². The highest BCUT2D eigenvalue weighted by molar-refractivity contribution is 9.10. The molecule has 1 atom stereocenters. The average molecular weight is 533 g/mol. The summed E-state index contributed by atoms with van der Waals surface area (Å²) in [5.74, 6) is -1.58. The zero-order valence-corrected chi connectivity index (χ0v) is 20.9. The molecular weight excluding hydrogens is 508 g/mol. The molecule has 35 heavy (non-hydrogen) atoms. The maximum atomic E-state index is 13.3. The molecule has 0 spiro atoms. The summed E-state index contributed by atoms with van der Waals surface area (Å²) in [6.07, 6.45) is 3.23. The highest BCUT2D eigenvalue weighted by atomic mass is 79.9. The van der Waals surface area contributed by atoms with Crippen molar-refractivity contribution >= 4 is 44.8 Å². The van der Waals surface area contributed by atoms with Gasteiger partial charge in [0, 0.05) is 60.0 Å². The Kier molecular flexibility index (Phi) is 6.40. The van der Waals surface area contributed by atoms with E-state index < -0.39 is 17.7 Å². The minimum Gasteiger partial charge on any atom is -0.507 e. The molecule has 5 rings (SSSR count). The molecule has 0 saturated carbocycles. The van der Waals surface area contributed by atoms with Crippen LogP contribution in [-0.4, -0.2) is 59.9 Å². The minimum atomic E-state index is -0.767. The fourth-order valence-electron chi connectivity index (χ4n) is 4.61. The molecule has 8 heteroatoms. The van der Waals surface area contributed by atoms with E-state index in [1.54, 1.807) is 48.8 Å². The summed E-state index contributed by atoms with van der Waals surface area (Å²) in [6.45, 7) is 3.86. The van der Waals surface area contributed by atoms with Crippen molar-refractivity contribution in [2.24, 2.45) is 0 Å². The van der Waals surface area contributed by atoms with E-state index in [4.69, 9.17) is 0 Å². The molecule has 0 aliphatic carbocycles. The molecule has 0 bridgehead atoms. The Morgan fingerprint density at radius 3 is 2.11 bits per heavy atom. The van der Waals surface area contributed by atoms with Gasteiger partial charge in [0.2, 0.25) is 0 Å². The molecule has 7 nitrogen and oxygen atoms in total. The standard InChI is InChI=1S/C27H25BrN4O3/c1-30-14-16-31(17-15-30)21-6-8-22(9-7-21)32-24(18-10-12-29-13-11-18)23(26(34)27(32)35)25(33)19-2-4-20(28)5-3-19/h2-13,24,33H,14-17H2,1H3/b25-23+.